The van der Waals surface area contributed by atoms with Crippen LogP contribution < -0.4 is 10.6 Å². The lowest BCUT2D eigenvalue weighted by atomic mass is 10.1. The van der Waals surface area contributed by atoms with E-state index in [1.165, 1.54) is 6.08 Å². The first-order valence-corrected chi connectivity index (χ1v) is 7.61. The summed E-state index contributed by atoms with van der Waals surface area (Å²) in [6, 6.07) is 7.49. The highest BCUT2D eigenvalue weighted by Gasteiger charge is 2.29. The third-order valence-electron chi connectivity index (χ3n) is 3.54. The number of nitrogens with one attached hydrogen (secondary N) is 2. The Morgan fingerprint density at radius 3 is 2.45 bits per heavy atom. The molecule has 0 radical (unpaired) electrons. The van der Waals surface area contributed by atoms with Gasteiger partial charge in [-0.3, -0.25) is 9.59 Å². The molecule has 2 rings (SSSR count). The molecular weight excluding hydrogens is 276 g/mol. The number of carbonyl (C=O) groups excluding carboxylic acids is 2. The van der Waals surface area contributed by atoms with Gasteiger partial charge in [-0.2, -0.15) is 0 Å². The molecule has 22 heavy (non-hydrogen) atoms. The zero-order valence-corrected chi connectivity index (χ0v) is 13.0. The molecule has 0 saturated heterocycles. The molecule has 4 nitrogen and oxygen atoms in total. The molecule has 0 aliphatic heterocycles. The van der Waals surface area contributed by atoms with E-state index in [2.05, 4.69) is 10.6 Å². The summed E-state index contributed by atoms with van der Waals surface area (Å²) in [5, 5.41) is 5.80. The van der Waals surface area contributed by atoms with Gasteiger partial charge < -0.3 is 10.6 Å². The number of hydrogen-bond donors (Lipinski definition) is 2. The van der Waals surface area contributed by atoms with Gasteiger partial charge in [-0.1, -0.05) is 30.4 Å². The van der Waals surface area contributed by atoms with Gasteiger partial charge in [-0.15, -0.1) is 0 Å². The lowest BCUT2D eigenvalue weighted by Crippen LogP contribution is -2.24. The maximum absolute atomic E-state index is 11.7. The summed E-state index contributed by atoms with van der Waals surface area (Å²) in [4.78, 5) is 23.4. The van der Waals surface area contributed by atoms with Crippen molar-refractivity contribution in [1.82, 2.24) is 5.32 Å². The molecule has 0 aromatic heterocycles. The largest absolute Gasteiger partial charge is 0.346 e. The molecule has 1 fully saturated rings. The molecule has 0 bridgehead atoms. The van der Waals surface area contributed by atoms with Crippen LogP contribution >= 0.6 is 0 Å². The highest BCUT2D eigenvalue weighted by molar-refractivity contribution is 5.94. The summed E-state index contributed by atoms with van der Waals surface area (Å²) in [6.07, 6.45) is 8.87. The number of allylic oxidation sites excluding steroid dienone is 3. The molecule has 1 atom stereocenters. The van der Waals surface area contributed by atoms with Crippen molar-refractivity contribution >= 4 is 17.5 Å². The summed E-state index contributed by atoms with van der Waals surface area (Å²) in [7, 11) is 0. The van der Waals surface area contributed by atoms with Gasteiger partial charge in [0, 0.05) is 17.7 Å². The van der Waals surface area contributed by atoms with Crippen LogP contribution in [0.25, 0.3) is 0 Å². The summed E-state index contributed by atoms with van der Waals surface area (Å²) in [5.41, 5.74) is 1.80. The van der Waals surface area contributed by atoms with Crippen LogP contribution in [0.2, 0.25) is 0 Å². The average Bonchev–Trinajstić information content (AvgIpc) is 3.33. The fraction of sp³-hybridized carbons (Fsp3) is 0.333. The first kappa shape index (κ1) is 16.0. The first-order chi connectivity index (χ1) is 10.6. The van der Waals surface area contributed by atoms with Gasteiger partial charge in [0.2, 0.25) is 11.8 Å². The molecule has 2 amide bonds. The van der Waals surface area contributed by atoms with Crippen molar-refractivity contribution in [3.8, 4) is 0 Å². The second-order valence-electron chi connectivity index (χ2n) is 5.50. The van der Waals surface area contributed by atoms with E-state index in [1.54, 1.807) is 6.08 Å². The van der Waals surface area contributed by atoms with Crippen molar-refractivity contribution in [1.29, 1.82) is 0 Å². The van der Waals surface area contributed by atoms with Crippen molar-refractivity contribution in [3.05, 3.63) is 54.1 Å². The van der Waals surface area contributed by atoms with Crippen molar-refractivity contribution in [2.24, 2.45) is 5.92 Å². The summed E-state index contributed by atoms with van der Waals surface area (Å²) < 4.78 is 0. The van der Waals surface area contributed by atoms with E-state index in [0.29, 0.717) is 0 Å². The zero-order valence-electron chi connectivity index (χ0n) is 13.0. The highest BCUT2D eigenvalue weighted by atomic mass is 16.2. The van der Waals surface area contributed by atoms with Crippen molar-refractivity contribution < 1.29 is 9.59 Å². The van der Waals surface area contributed by atoms with E-state index in [0.717, 1.165) is 24.1 Å². The third-order valence-corrected chi connectivity index (χ3v) is 3.54. The van der Waals surface area contributed by atoms with Gasteiger partial charge >= 0.3 is 0 Å². The minimum atomic E-state index is -0.128. The smallest absolute Gasteiger partial charge is 0.244 e. The summed E-state index contributed by atoms with van der Waals surface area (Å²) in [6.45, 7) is 3.83. The molecule has 1 aromatic carbocycles. The number of carbonyl (C=O) groups is 2. The van der Waals surface area contributed by atoms with Crippen LogP contribution in [-0.4, -0.2) is 11.8 Å². The maximum atomic E-state index is 11.7. The first-order valence-electron chi connectivity index (χ1n) is 7.61. The van der Waals surface area contributed by atoms with Gasteiger partial charge in [0.15, 0.2) is 0 Å². The van der Waals surface area contributed by atoms with E-state index in [4.69, 9.17) is 0 Å². The van der Waals surface area contributed by atoms with Crippen LogP contribution in [0, 0.1) is 5.92 Å². The molecule has 1 unspecified atom stereocenters. The van der Waals surface area contributed by atoms with Crippen molar-refractivity contribution in [2.45, 2.75) is 32.7 Å². The third kappa shape index (κ3) is 4.88. The number of benzene rings is 1. The maximum Gasteiger partial charge on any atom is 0.244 e. The molecular formula is C18H22N2O2. The zero-order chi connectivity index (χ0) is 15.9. The quantitative estimate of drug-likeness (QED) is 0.625. The van der Waals surface area contributed by atoms with Gasteiger partial charge in [0.25, 0.3) is 0 Å². The van der Waals surface area contributed by atoms with Crippen LogP contribution in [0.15, 0.2) is 48.6 Å². The van der Waals surface area contributed by atoms with Crippen LogP contribution in [0.1, 0.15) is 38.3 Å². The summed E-state index contributed by atoms with van der Waals surface area (Å²) in [5.74, 6) is 0.168. The average molecular weight is 298 g/mol. The van der Waals surface area contributed by atoms with Gasteiger partial charge in [-0.25, -0.2) is 0 Å². The summed E-state index contributed by atoms with van der Waals surface area (Å²) >= 11 is 0. The Labute approximate surface area is 131 Å². The second kappa shape index (κ2) is 7.59. The molecule has 1 aliphatic carbocycles. The molecule has 0 heterocycles. The Morgan fingerprint density at radius 1 is 1.18 bits per heavy atom. The normalized spacial score (nSPS) is 15.9. The fourth-order valence-corrected chi connectivity index (χ4v) is 2.04. The van der Waals surface area contributed by atoms with E-state index >= 15 is 0 Å². The van der Waals surface area contributed by atoms with E-state index < -0.39 is 0 Å². The highest BCUT2D eigenvalue weighted by Crippen LogP contribution is 2.30. The molecule has 1 saturated carbocycles. The van der Waals surface area contributed by atoms with Crippen LogP contribution in [0.5, 0.6) is 0 Å². The Kier molecular flexibility index (Phi) is 5.53. The number of rotatable bonds is 6. The minimum Gasteiger partial charge on any atom is -0.346 e. The lowest BCUT2D eigenvalue weighted by molar-refractivity contribution is -0.118. The van der Waals surface area contributed by atoms with Crippen LogP contribution in [-0.2, 0) is 9.59 Å². The molecule has 1 aromatic rings. The van der Waals surface area contributed by atoms with Crippen LogP contribution in [0.3, 0.4) is 0 Å². The topological polar surface area (TPSA) is 58.2 Å². The number of amides is 2. The predicted molar refractivity (Wildman–Crippen MR) is 88.3 cm³/mol. The van der Waals surface area contributed by atoms with E-state index in [-0.39, 0.29) is 23.8 Å². The van der Waals surface area contributed by atoms with Gasteiger partial charge in [-0.05, 0) is 44.4 Å². The van der Waals surface area contributed by atoms with Crippen LogP contribution in [0.4, 0.5) is 5.69 Å². The number of anilines is 1. The van der Waals surface area contributed by atoms with E-state index in [9.17, 15) is 9.59 Å². The SMILES string of the molecule is C/C=C/C=C/C(=O)NC(C)c1ccc(NC(=O)C2CC2)cc1. The fourth-order valence-electron chi connectivity index (χ4n) is 2.04. The Bertz CT molecular complexity index is 584. The molecule has 2 N–H and O–H groups in total. The van der Waals surface area contributed by atoms with Crippen molar-refractivity contribution in [3.63, 3.8) is 0 Å². The number of hydrogen-bond acceptors (Lipinski definition) is 2. The monoisotopic (exact) mass is 298 g/mol. The molecule has 0 spiro atoms. The molecule has 116 valence electrons. The molecule has 1 aliphatic rings. The Morgan fingerprint density at radius 2 is 1.86 bits per heavy atom. The van der Waals surface area contributed by atoms with Gasteiger partial charge in [0.05, 0.1) is 6.04 Å². The van der Waals surface area contributed by atoms with E-state index in [1.807, 2.05) is 50.3 Å². The standard InChI is InChI=1S/C18H22N2O2/c1-3-4-5-6-17(21)19-13(2)14-9-11-16(12-10-14)20-18(22)15-7-8-15/h3-6,9-13,15H,7-8H2,1-2H3,(H,19,21)(H,20,22)/b4-3+,6-5+. The Hall–Kier alpha value is -2.36. The molecule has 4 heteroatoms. The second-order valence-corrected chi connectivity index (χ2v) is 5.50. The van der Waals surface area contributed by atoms with Gasteiger partial charge in [0.1, 0.15) is 0 Å². The predicted octanol–water partition coefficient (Wildman–Crippen LogP) is 3.34. The van der Waals surface area contributed by atoms with Crippen molar-refractivity contribution in [2.75, 3.05) is 5.32 Å². The Balaban J connectivity index is 1.88. The lowest BCUT2D eigenvalue weighted by Gasteiger charge is -2.13. The minimum absolute atomic E-state index is 0.0871.